The number of hydrogen-bond donors (Lipinski definition) is 0. The van der Waals surface area contributed by atoms with Gasteiger partial charge in [-0.25, -0.2) is 0 Å². The molecular formula is C11H24O2. The van der Waals surface area contributed by atoms with Crippen molar-refractivity contribution in [1.29, 1.82) is 0 Å². The van der Waals surface area contributed by atoms with Gasteiger partial charge in [0.15, 0.2) is 0 Å². The molecule has 0 aliphatic carbocycles. The average molecular weight is 188 g/mol. The van der Waals surface area contributed by atoms with Gasteiger partial charge in [-0.15, -0.1) is 0 Å². The van der Waals surface area contributed by atoms with E-state index in [1.165, 1.54) is 12.8 Å². The van der Waals surface area contributed by atoms with Gasteiger partial charge in [0.05, 0.1) is 12.2 Å². The second-order valence-corrected chi connectivity index (χ2v) is 3.84. The van der Waals surface area contributed by atoms with Crippen molar-refractivity contribution in [3.05, 3.63) is 0 Å². The van der Waals surface area contributed by atoms with Crippen LogP contribution >= 0.6 is 0 Å². The largest absolute Gasteiger partial charge is 0.379 e. The van der Waals surface area contributed by atoms with E-state index in [1.807, 2.05) is 0 Å². The van der Waals surface area contributed by atoms with Crippen molar-refractivity contribution < 1.29 is 9.47 Å². The van der Waals surface area contributed by atoms with Crippen LogP contribution in [-0.2, 0) is 9.47 Å². The number of rotatable bonds is 7. The van der Waals surface area contributed by atoms with Crippen molar-refractivity contribution in [3.63, 3.8) is 0 Å². The van der Waals surface area contributed by atoms with Crippen molar-refractivity contribution in [3.8, 4) is 0 Å². The molecular weight excluding hydrogens is 164 g/mol. The van der Waals surface area contributed by atoms with E-state index in [4.69, 9.17) is 9.47 Å². The minimum absolute atomic E-state index is 0.198. The van der Waals surface area contributed by atoms with Crippen LogP contribution in [0.2, 0.25) is 0 Å². The smallest absolute Gasteiger partial charge is 0.0832 e. The summed E-state index contributed by atoms with van der Waals surface area (Å²) in [5.41, 5.74) is 0. The fourth-order valence-corrected chi connectivity index (χ4v) is 1.64. The van der Waals surface area contributed by atoms with Gasteiger partial charge >= 0.3 is 0 Å². The van der Waals surface area contributed by atoms with E-state index >= 15 is 0 Å². The molecule has 13 heavy (non-hydrogen) atoms. The van der Waals surface area contributed by atoms with E-state index < -0.39 is 0 Å². The summed E-state index contributed by atoms with van der Waals surface area (Å²) in [5.74, 6) is 0.729. The highest BCUT2D eigenvalue weighted by Crippen LogP contribution is 2.17. The van der Waals surface area contributed by atoms with Crippen LogP contribution in [0.3, 0.4) is 0 Å². The fourth-order valence-electron chi connectivity index (χ4n) is 1.64. The lowest BCUT2D eigenvalue weighted by molar-refractivity contribution is -0.0367. The molecule has 0 fully saturated rings. The first-order chi connectivity index (χ1) is 6.15. The van der Waals surface area contributed by atoms with E-state index in [9.17, 15) is 0 Å². The predicted molar refractivity (Wildman–Crippen MR) is 56.0 cm³/mol. The second-order valence-electron chi connectivity index (χ2n) is 3.84. The number of ether oxygens (including phenoxy) is 2. The molecule has 0 heterocycles. The lowest BCUT2D eigenvalue weighted by Gasteiger charge is -2.24. The lowest BCUT2D eigenvalue weighted by atomic mass is 9.96. The monoisotopic (exact) mass is 188 g/mol. The number of methoxy groups -OCH3 is 2. The molecule has 0 aliphatic rings. The minimum Gasteiger partial charge on any atom is -0.379 e. The van der Waals surface area contributed by atoms with E-state index in [2.05, 4.69) is 20.8 Å². The highest BCUT2D eigenvalue weighted by atomic mass is 16.5. The molecule has 0 amide bonds. The van der Waals surface area contributed by atoms with Crippen LogP contribution in [0, 0.1) is 5.92 Å². The van der Waals surface area contributed by atoms with Crippen LogP contribution in [0.15, 0.2) is 0 Å². The summed E-state index contributed by atoms with van der Waals surface area (Å²) in [6.07, 6.45) is 4.06. The second kappa shape index (κ2) is 7.34. The SMILES string of the molecule is CCCC(C)CC(OC)C(C)OC. The third-order valence-corrected chi connectivity index (χ3v) is 2.61. The average Bonchev–Trinajstić information content (AvgIpc) is 2.13. The van der Waals surface area contributed by atoms with Gasteiger partial charge in [-0.1, -0.05) is 26.7 Å². The zero-order valence-electron chi connectivity index (χ0n) is 9.67. The van der Waals surface area contributed by atoms with Gasteiger partial charge in [-0.2, -0.15) is 0 Å². The Morgan fingerprint density at radius 2 is 1.69 bits per heavy atom. The summed E-state index contributed by atoms with van der Waals surface area (Å²) in [6.45, 7) is 6.56. The molecule has 0 spiro atoms. The third-order valence-electron chi connectivity index (χ3n) is 2.61. The molecule has 0 rings (SSSR count). The first-order valence-corrected chi connectivity index (χ1v) is 5.21. The Labute approximate surface area is 82.6 Å². The molecule has 80 valence electrons. The molecule has 0 aliphatic heterocycles. The molecule has 0 aromatic carbocycles. The Hall–Kier alpha value is -0.0800. The van der Waals surface area contributed by atoms with Crippen molar-refractivity contribution in [2.75, 3.05) is 14.2 Å². The highest BCUT2D eigenvalue weighted by molar-refractivity contribution is 4.68. The quantitative estimate of drug-likeness (QED) is 0.611. The van der Waals surface area contributed by atoms with Crippen LogP contribution in [0.4, 0.5) is 0 Å². The maximum Gasteiger partial charge on any atom is 0.0832 e. The van der Waals surface area contributed by atoms with Crippen LogP contribution in [0.5, 0.6) is 0 Å². The predicted octanol–water partition coefficient (Wildman–Crippen LogP) is 2.86. The van der Waals surface area contributed by atoms with Crippen molar-refractivity contribution in [2.24, 2.45) is 5.92 Å². The lowest BCUT2D eigenvalue weighted by Crippen LogP contribution is -2.28. The summed E-state index contributed by atoms with van der Waals surface area (Å²) >= 11 is 0. The molecule has 0 saturated heterocycles. The topological polar surface area (TPSA) is 18.5 Å². The maximum absolute atomic E-state index is 5.39. The van der Waals surface area contributed by atoms with E-state index in [-0.39, 0.29) is 12.2 Å². The highest BCUT2D eigenvalue weighted by Gasteiger charge is 2.18. The van der Waals surface area contributed by atoms with Gasteiger partial charge in [0, 0.05) is 14.2 Å². The molecule has 0 aromatic rings. The maximum atomic E-state index is 5.39. The van der Waals surface area contributed by atoms with Gasteiger partial charge < -0.3 is 9.47 Å². The Morgan fingerprint density at radius 3 is 2.08 bits per heavy atom. The fraction of sp³-hybridized carbons (Fsp3) is 1.00. The van der Waals surface area contributed by atoms with Crippen molar-refractivity contribution >= 4 is 0 Å². The summed E-state index contributed by atoms with van der Waals surface area (Å²) in [6, 6.07) is 0. The van der Waals surface area contributed by atoms with E-state index in [0.717, 1.165) is 12.3 Å². The summed E-state index contributed by atoms with van der Waals surface area (Å²) < 4.78 is 10.7. The Kier molecular flexibility index (Phi) is 7.29. The first kappa shape index (κ1) is 12.9. The first-order valence-electron chi connectivity index (χ1n) is 5.21. The number of hydrogen-bond acceptors (Lipinski definition) is 2. The Bertz CT molecular complexity index is 115. The molecule has 2 heteroatoms. The Balaban J connectivity index is 3.82. The van der Waals surface area contributed by atoms with Crippen LogP contribution in [0.25, 0.3) is 0 Å². The Morgan fingerprint density at radius 1 is 1.08 bits per heavy atom. The molecule has 0 radical (unpaired) electrons. The third kappa shape index (κ3) is 5.27. The molecule has 0 bridgehead atoms. The normalized spacial score (nSPS) is 18.2. The summed E-state index contributed by atoms with van der Waals surface area (Å²) in [4.78, 5) is 0. The van der Waals surface area contributed by atoms with Crippen LogP contribution in [0.1, 0.15) is 40.0 Å². The zero-order valence-corrected chi connectivity index (χ0v) is 9.67. The molecule has 2 nitrogen and oxygen atoms in total. The zero-order chi connectivity index (χ0) is 10.3. The molecule has 0 N–H and O–H groups in total. The minimum atomic E-state index is 0.198. The molecule has 3 atom stereocenters. The van der Waals surface area contributed by atoms with Gasteiger partial charge in [0.2, 0.25) is 0 Å². The van der Waals surface area contributed by atoms with E-state index in [1.54, 1.807) is 14.2 Å². The van der Waals surface area contributed by atoms with Gasteiger partial charge in [0.25, 0.3) is 0 Å². The van der Waals surface area contributed by atoms with E-state index in [0.29, 0.717) is 0 Å². The van der Waals surface area contributed by atoms with Gasteiger partial charge in [-0.3, -0.25) is 0 Å². The van der Waals surface area contributed by atoms with Crippen molar-refractivity contribution in [2.45, 2.75) is 52.2 Å². The standard InChI is InChI=1S/C11H24O2/c1-6-7-9(2)8-11(13-5)10(3)12-4/h9-11H,6-8H2,1-5H3. The van der Waals surface area contributed by atoms with Gasteiger partial charge in [0.1, 0.15) is 0 Å². The summed E-state index contributed by atoms with van der Waals surface area (Å²) in [5, 5.41) is 0. The molecule has 0 aromatic heterocycles. The molecule has 3 unspecified atom stereocenters. The molecule has 0 saturated carbocycles. The van der Waals surface area contributed by atoms with Gasteiger partial charge in [-0.05, 0) is 19.3 Å². The van der Waals surface area contributed by atoms with Crippen LogP contribution < -0.4 is 0 Å². The van der Waals surface area contributed by atoms with Crippen LogP contribution in [-0.4, -0.2) is 26.4 Å². The van der Waals surface area contributed by atoms with Crippen molar-refractivity contribution in [1.82, 2.24) is 0 Å². The summed E-state index contributed by atoms with van der Waals surface area (Å²) in [7, 11) is 3.50.